The minimum Gasteiger partial charge on any atom is -0.444 e. The van der Waals surface area contributed by atoms with Crippen LogP contribution in [0.1, 0.15) is 35.6 Å². The van der Waals surface area contributed by atoms with Gasteiger partial charge in [0.15, 0.2) is 0 Å². The summed E-state index contributed by atoms with van der Waals surface area (Å²) in [5.74, 6) is 1.24. The molecular formula is C16H19N3O2. The third kappa shape index (κ3) is 2.97. The van der Waals surface area contributed by atoms with Gasteiger partial charge in [0.25, 0.3) is 0 Å². The topological polar surface area (TPSA) is 67.2 Å². The Hall–Kier alpha value is -2.14. The van der Waals surface area contributed by atoms with E-state index in [-0.39, 0.29) is 11.8 Å². The van der Waals surface area contributed by atoms with E-state index in [2.05, 4.69) is 21.7 Å². The fourth-order valence-corrected chi connectivity index (χ4v) is 2.61. The molecule has 1 unspecified atom stereocenters. The molecule has 0 saturated carbocycles. The van der Waals surface area contributed by atoms with Gasteiger partial charge in [-0.2, -0.15) is 0 Å². The monoisotopic (exact) mass is 285 g/mol. The van der Waals surface area contributed by atoms with E-state index in [1.807, 2.05) is 25.1 Å². The molecule has 1 amide bonds. The molecule has 0 saturated heterocycles. The summed E-state index contributed by atoms with van der Waals surface area (Å²) in [4.78, 5) is 16.5. The Balaban J connectivity index is 1.66. The molecule has 1 aromatic heterocycles. The maximum atomic E-state index is 12.4. The van der Waals surface area contributed by atoms with E-state index in [4.69, 9.17) is 4.42 Å². The molecule has 0 aliphatic carbocycles. The van der Waals surface area contributed by atoms with E-state index in [1.54, 1.807) is 6.20 Å². The van der Waals surface area contributed by atoms with Gasteiger partial charge in [-0.05, 0) is 11.1 Å². The average Bonchev–Trinajstić information content (AvgIpc) is 3.00. The number of nitrogens with zero attached hydrogens (tertiary/aromatic N) is 1. The zero-order chi connectivity index (χ0) is 14.7. The lowest BCUT2D eigenvalue weighted by atomic mass is 9.90. The second-order valence-corrected chi connectivity index (χ2v) is 5.17. The highest BCUT2D eigenvalue weighted by atomic mass is 16.4. The minimum absolute atomic E-state index is 0.00546. The van der Waals surface area contributed by atoms with Crippen molar-refractivity contribution in [3.05, 3.63) is 53.2 Å². The molecule has 1 aromatic carbocycles. The van der Waals surface area contributed by atoms with Crippen molar-refractivity contribution in [2.75, 3.05) is 6.54 Å². The summed E-state index contributed by atoms with van der Waals surface area (Å²) < 4.78 is 5.50. The van der Waals surface area contributed by atoms with Crippen LogP contribution in [-0.4, -0.2) is 17.4 Å². The second kappa shape index (κ2) is 6.10. The van der Waals surface area contributed by atoms with E-state index in [0.29, 0.717) is 19.0 Å². The van der Waals surface area contributed by atoms with Crippen LogP contribution in [0.2, 0.25) is 0 Å². The first-order chi connectivity index (χ1) is 10.3. The van der Waals surface area contributed by atoms with Crippen molar-refractivity contribution < 1.29 is 9.21 Å². The standard InChI is InChI=1S/C16H19N3O2/c1-2-12-8-18-15(21-12)10-19-16(20)14-9-17-7-11-5-3-4-6-13(11)14/h3-6,8,14,17H,2,7,9-10H2,1H3,(H,19,20). The van der Waals surface area contributed by atoms with Crippen LogP contribution in [0.4, 0.5) is 0 Å². The number of aromatic nitrogens is 1. The molecule has 1 aliphatic rings. The van der Waals surface area contributed by atoms with Crippen LogP contribution < -0.4 is 10.6 Å². The zero-order valence-electron chi connectivity index (χ0n) is 12.1. The highest BCUT2D eigenvalue weighted by molar-refractivity contribution is 5.84. The lowest BCUT2D eigenvalue weighted by Crippen LogP contribution is -2.38. The second-order valence-electron chi connectivity index (χ2n) is 5.17. The van der Waals surface area contributed by atoms with Crippen molar-refractivity contribution in [2.24, 2.45) is 0 Å². The third-order valence-electron chi connectivity index (χ3n) is 3.77. The number of nitrogens with one attached hydrogen (secondary N) is 2. The first kappa shape index (κ1) is 13.8. The largest absolute Gasteiger partial charge is 0.444 e. The molecule has 2 N–H and O–H groups in total. The van der Waals surface area contributed by atoms with Gasteiger partial charge < -0.3 is 15.1 Å². The third-order valence-corrected chi connectivity index (χ3v) is 3.77. The van der Waals surface area contributed by atoms with Crippen molar-refractivity contribution in [1.82, 2.24) is 15.6 Å². The molecule has 21 heavy (non-hydrogen) atoms. The maximum Gasteiger partial charge on any atom is 0.229 e. The van der Waals surface area contributed by atoms with Gasteiger partial charge in [0, 0.05) is 19.5 Å². The SMILES string of the molecule is CCc1cnc(CNC(=O)C2CNCc3ccccc32)o1. The molecule has 5 nitrogen and oxygen atoms in total. The van der Waals surface area contributed by atoms with Crippen molar-refractivity contribution in [3.8, 4) is 0 Å². The van der Waals surface area contributed by atoms with Gasteiger partial charge >= 0.3 is 0 Å². The van der Waals surface area contributed by atoms with Crippen molar-refractivity contribution in [2.45, 2.75) is 32.4 Å². The van der Waals surface area contributed by atoms with Crippen LogP contribution >= 0.6 is 0 Å². The lowest BCUT2D eigenvalue weighted by Gasteiger charge is -2.25. The van der Waals surface area contributed by atoms with E-state index in [9.17, 15) is 4.79 Å². The van der Waals surface area contributed by atoms with Gasteiger partial charge in [0.05, 0.1) is 18.7 Å². The van der Waals surface area contributed by atoms with Crippen LogP contribution in [0, 0.1) is 0 Å². The van der Waals surface area contributed by atoms with Gasteiger partial charge in [0.1, 0.15) is 5.76 Å². The number of fused-ring (bicyclic) bond motifs is 1. The van der Waals surface area contributed by atoms with Crippen molar-refractivity contribution >= 4 is 5.91 Å². The highest BCUT2D eigenvalue weighted by Gasteiger charge is 2.25. The number of aryl methyl sites for hydroxylation is 1. The van der Waals surface area contributed by atoms with Crippen LogP contribution in [0.15, 0.2) is 34.9 Å². The summed E-state index contributed by atoms with van der Waals surface area (Å²) in [6.45, 7) is 3.82. The first-order valence-electron chi connectivity index (χ1n) is 7.27. The Morgan fingerprint density at radius 2 is 2.33 bits per heavy atom. The molecule has 0 bridgehead atoms. The summed E-state index contributed by atoms with van der Waals surface area (Å²) in [6.07, 6.45) is 2.51. The van der Waals surface area contributed by atoms with E-state index in [0.717, 1.165) is 24.3 Å². The predicted octanol–water partition coefficient (Wildman–Crippen LogP) is 1.74. The molecule has 0 fully saturated rings. The van der Waals surface area contributed by atoms with Crippen LogP contribution in [0.25, 0.3) is 0 Å². The molecule has 1 aliphatic heterocycles. The fourth-order valence-electron chi connectivity index (χ4n) is 2.61. The molecule has 0 radical (unpaired) electrons. The summed E-state index contributed by atoms with van der Waals surface area (Å²) in [5.41, 5.74) is 2.30. The van der Waals surface area contributed by atoms with Crippen LogP contribution in [0.3, 0.4) is 0 Å². The number of hydrogen-bond acceptors (Lipinski definition) is 4. The summed E-state index contributed by atoms with van der Waals surface area (Å²) in [6, 6.07) is 8.07. The smallest absolute Gasteiger partial charge is 0.229 e. The molecule has 2 aromatic rings. The molecule has 3 rings (SSSR count). The molecular weight excluding hydrogens is 266 g/mol. The predicted molar refractivity (Wildman–Crippen MR) is 78.6 cm³/mol. The number of oxazole rings is 1. The Morgan fingerprint density at radius 1 is 1.48 bits per heavy atom. The fraction of sp³-hybridized carbons (Fsp3) is 0.375. The Labute approximate surface area is 123 Å². The summed E-state index contributed by atoms with van der Waals surface area (Å²) in [5, 5.41) is 6.20. The molecule has 0 spiro atoms. The highest BCUT2D eigenvalue weighted by Crippen LogP contribution is 2.23. The van der Waals surface area contributed by atoms with E-state index >= 15 is 0 Å². The molecule has 2 heterocycles. The van der Waals surface area contributed by atoms with E-state index in [1.165, 1.54) is 5.56 Å². The van der Waals surface area contributed by atoms with Gasteiger partial charge in [-0.3, -0.25) is 4.79 Å². The normalized spacial score (nSPS) is 17.3. The van der Waals surface area contributed by atoms with Crippen LogP contribution in [0.5, 0.6) is 0 Å². The lowest BCUT2D eigenvalue weighted by molar-refractivity contribution is -0.122. The molecule has 1 atom stereocenters. The summed E-state index contributed by atoms with van der Waals surface area (Å²) in [7, 11) is 0. The number of hydrogen-bond donors (Lipinski definition) is 2. The maximum absolute atomic E-state index is 12.4. The quantitative estimate of drug-likeness (QED) is 0.898. The van der Waals surface area contributed by atoms with Gasteiger partial charge in [0.2, 0.25) is 11.8 Å². The van der Waals surface area contributed by atoms with Gasteiger partial charge in [-0.15, -0.1) is 0 Å². The number of amides is 1. The summed E-state index contributed by atoms with van der Waals surface area (Å²) >= 11 is 0. The molecule has 5 heteroatoms. The number of carbonyl (C=O) groups excluding carboxylic acids is 1. The number of benzene rings is 1. The Kier molecular flexibility index (Phi) is 4.01. The minimum atomic E-state index is -0.157. The average molecular weight is 285 g/mol. The van der Waals surface area contributed by atoms with E-state index < -0.39 is 0 Å². The Bertz CT molecular complexity index is 636. The first-order valence-corrected chi connectivity index (χ1v) is 7.27. The Morgan fingerprint density at radius 3 is 3.14 bits per heavy atom. The number of carbonyl (C=O) groups is 1. The number of rotatable bonds is 4. The van der Waals surface area contributed by atoms with Gasteiger partial charge in [-0.25, -0.2) is 4.98 Å². The van der Waals surface area contributed by atoms with Crippen molar-refractivity contribution in [3.63, 3.8) is 0 Å². The van der Waals surface area contributed by atoms with Crippen LogP contribution in [-0.2, 0) is 24.3 Å². The van der Waals surface area contributed by atoms with Crippen molar-refractivity contribution in [1.29, 1.82) is 0 Å². The van der Waals surface area contributed by atoms with Gasteiger partial charge in [-0.1, -0.05) is 31.2 Å². The zero-order valence-corrected chi connectivity index (χ0v) is 12.1. The molecule has 110 valence electrons.